The molecule has 1 aromatic heterocycles. The first kappa shape index (κ1) is 16.6. The number of aromatic nitrogens is 3. The minimum absolute atomic E-state index is 0.140. The van der Waals surface area contributed by atoms with Crippen molar-refractivity contribution >= 4 is 35.0 Å². The van der Waals surface area contributed by atoms with Crippen molar-refractivity contribution in [2.75, 3.05) is 11.1 Å². The summed E-state index contributed by atoms with van der Waals surface area (Å²) in [5.41, 5.74) is 1.91. The highest BCUT2D eigenvalue weighted by molar-refractivity contribution is 7.99. The highest BCUT2D eigenvalue weighted by atomic mass is 35.5. The lowest BCUT2D eigenvalue weighted by atomic mass is 10.2. The lowest BCUT2D eigenvalue weighted by Gasteiger charge is -2.10. The van der Waals surface area contributed by atoms with Gasteiger partial charge in [0.2, 0.25) is 0 Å². The number of benzene rings is 1. The third-order valence-electron chi connectivity index (χ3n) is 3.05. The summed E-state index contributed by atoms with van der Waals surface area (Å²) in [5, 5.41) is 23.2. The number of nitrogens with zero attached hydrogens (tertiary/aromatic N) is 3. The van der Waals surface area contributed by atoms with E-state index in [4.69, 9.17) is 11.6 Å². The van der Waals surface area contributed by atoms with Gasteiger partial charge in [-0.1, -0.05) is 29.4 Å². The molecule has 118 valence electrons. The number of aryl methyl sites for hydroxylation is 1. The molecule has 2 aromatic rings. The molecule has 8 heteroatoms. The average Bonchev–Trinajstić information content (AvgIpc) is 2.88. The standard InChI is InChI=1S/C14H17ClN4O2S/c1-3-19-12(17-18-14(19)22-8-13(20)21)7-16-10-5-4-9(2)11(15)6-10/h4-6,16H,3,7-8H2,1-2H3,(H,20,21)/p-1. The SMILES string of the molecule is CCn1c(CNc2ccc(C)c(Cl)c2)nnc1SCC(=O)[O-]. The maximum atomic E-state index is 10.5. The number of rotatable bonds is 7. The lowest BCUT2D eigenvalue weighted by Crippen LogP contribution is -2.24. The van der Waals surface area contributed by atoms with Crippen LogP contribution >= 0.6 is 23.4 Å². The van der Waals surface area contributed by atoms with Crippen LogP contribution in [0.4, 0.5) is 5.69 Å². The van der Waals surface area contributed by atoms with Crippen LogP contribution in [0, 0.1) is 6.92 Å². The van der Waals surface area contributed by atoms with Crippen molar-refractivity contribution in [1.82, 2.24) is 14.8 Å². The van der Waals surface area contributed by atoms with E-state index in [9.17, 15) is 9.90 Å². The first-order valence-electron chi connectivity index (χ1n) is 6.76. The Hall–Kier alpha value is -1.73. The predicted molar refractivity (Wildman–Crippen MR) is 84.9 cm³/mol. The normalized spacial score (nSPS) is 10.7. The van der Waals surface area contributed by atoms with Crippen molar-refractivity contribution in [1.29, 1.82) is 0 Å². The number of halogens is 1. The van der Waals surface area contributed by atoms with Crippen molar-refractivity contribution in [2.24, 2.45) is 0 Å². The fourth-order valence-corrected chi connectivity index (χ4v) is 2.80. The second-order valence-electron chi connectivity index (χ2n) is 4.62. The van der Waals surface area contributed by atoms with Crippen LogP contribution in [-0.4, -0.2) is 26.5 Å². The third kappa shape index (κ3) is 4.14. The zero-order valence-electron chi connectivity index (χ0n) is 12.3. The molecule has 6 nitrogen and oxygen atoms in total. The van der Waals surface area contributed by atoms with Gasteiger partial charge in [-0.25, -0.2) is 0 Å². The first-order valence-corrected chi connectivity index (χ1v) is 8.12. The fraction of sp³-hybridized carbons (Fsp3) is 0.357. The largest absolute Gasteiger partial charge is 0.549 e. The number of aliphatic carboxylic acids is 1. The van der Waals surface area contributed by atoms with E-state index in [0.717, 1.165) is 28.8 Å². The summed E-state index contributed by atoms with van der Waals surface area (Å²) in [7, 11) is 0. The minimum atomic E-state index is -1.12. The molecule has 22 heavy (non-hydrogen) atoms. The summed E-state index contributed by atoms with van der Waals surface area (Å²) in [6.45, 7) is 5.04. The number of carboxylic acid groups (broad SMARTS) is 1. The Balaban J connectivity index is 2.06. The Bertz CT molecular complexity index is 675. The molecule has 0 unspecified atom stereocenters. The van der Waals surface area contributed by atoms with Crippen LogP contribution in [0.25, 0.3) is 0 Å². The molecule has 0 radical (unpaired) electrons. The molecule has 1 aromatic carbocycles. The van der Waals surface area contributed by atoms with Gasteiger partial charge in [-0.05, 0) is 31.5 Å². The molecule has 1 heterocycles. The molecule has 0 saturated heterocycles. The quantitative estimate of drug-likeness (QED) is 0.773. The van der Waals surface area contributed by atoms with Crippen LogP contribution in [0.3, 0.4) is 0 Å². The van der Waals surface area contributed by atoms with Gasteiger partial charge in [0, 0.05) is 23.0 Å². The fourth-order valence-electron chi connectivity index (χ4n) is 1.88. The van der Waals surface area contributed by atoms with E-state index in [1.165, 1.54) is 0 Å². The molecule has 0 aliphatic rings. The van der Waals surface area contributed by atoms with Crippen molar-refractivity contribution in [2.45, 2.75) is 32.1 Å². The third-order valence-corrected chi connectivity index (χ3v) is 4.40. The molecule has 0 aliphatic carbocycles. The van der Waals surface area contributed by atoms with Gasteiger partial charge in [0.05, 0.1) is 12.5 Å². The lowest BCUT2D eigenvalue weighted by molar-refractivity contribution is -0.301. The first-order chi connectivity index (χ1) is 10.5. The van der Waals surface area contributed by atoms with E-state index >= 15 is 0 Å². The number of carboxylic acids is 1. The van der Waals surface area contributed by atoms with Crippen molar-refractivity contribution < 1.29 is 9.90 Å². The Morgan fingerprint density at radius 2 is 2.23 bits per heavy atom. The van der Waals surface area contributed by atoms with E-state index in [-0.39, 0.29) is 5.75 Å². The molecule has 1 N–H and O–H groups in total. The van der Waals surface area contributed by atoms with E-state index < -0.39 is 5.97 Å². The second kappa shape index (κ2) is 7.51. The Labute approximate surface area is 137 Å². The van der Waals surface area contributed by atoms with Gasteiger partial charge in [0.25, 0.3) is 0 Å². The van der Waals surface area contributed by atoms with Gasteiger partial charge in [-0.3, -0.25) is 0 Å². The highest BCUT2D eigenvalue weighted by Crippen LogP contribution is 2.21. The summed E-state index contributed by atoms with van der Waals surface area (Å²) in [4.78, 5) is 10.5. The Morgan fingerprint density at radius 3 is 2.86 bits per heavy atom. The minimum Gasteiger partial charge on any atom is -0.549 e. The molecule has 0 aliphatic heterocycles. The summed E-state index contributed by atoms with van der Waals surface area (Å²) in [6.07, 6.45) is 0. The van der Waals surface area contributed by atoms with Crippen molar-refractivity contribution in [3.05, 3.63) is 34.6 Å². The van der Waals surface area contributed by atoms with Gasteiger partial charge in [0.15, 0.2) is 11.0 Å². The maximum Gasteiger partial charge on any atom is 0.191 e. The summed E-state index contributed by atoms with van der Waals surface area (Å²) < 4.78 is 1.87. The number of nitrogens with one attached hydrogen (secondary N) is 1. The zero-order valence-corrected chi connectivity index (χ0v) is 13.9. The van der Waals surface area contributed by atoms with Crippen molar-refractivity contribution in [3.8, 4) is 0 Å². The van der Waals surface area contributed by atoms with Gasteiger partial charge >= 0.3 is 0 Å². The smallest absolute Gasteiger partial charge is 0.191 e. The number of carbonyl (C=O) groups excluding carboxylic acids is 1. The van der Waals surface area contributed by atoms with Crippen molar-refractivity contribution in [3.63, 3.8) is 0 Å². The average molecular weight is 340 g/mol. The highest BCUT2D eigenvalue weighted by Gasteiger charge is 2.11. The van der Waals surface area contributed by atoms with E-state index in [1.807, 2.05) is 36.6 Å². The van der Waals surface area contributed by atoms with Gasteiger partial charge < -0.3 is 19.8 Å². The topological polar surface area (TPSA) is 82.9 Å². The predicted octanol–water partition coefficient (Wildman–Crippen LogP) is 1.71. The summed E-state index contributed by atoms with van der Waals surface area (Å²) in [6, 6.07) is 5.74. The zero-order chi connectivity index (χ0) is 16.1. The molecule has 0 bridgehead atoms. The summed E-state index contributed by atoms with van der Waals surface area (Å²) in [5.74, 6) is -0.524. The van der Waals surface area contributed by atoms with E-state index in [1.54, 1.807) is 0 Å². The van der Waals surface area contributed by atoms with Gasteiger partial charge in [0.1, 0.15) is 0 Å². The molecule has 2 rings (SSSR count). The van der Waals surface area contributed by atoms with E-state index in [2.05, 4.69) is 15.5 Å². The van der Waals surface area contributed by atoms with Crippen LogP contribution in [0.1, 0.15) is 18.3 Å². The number of anilines is 1. The monoisotopic (exact) mass is 339 g/mol. The maximum absolute atomic E-state index is 10.5. The molecule has 0 amide bonds. The molecule has 0 fully saturated rings. The Kier molecular flexibility index (Phi) is 5.68. The van der Waals surface area contributed by atoms with Crippen LogP contribution < -0.4 is 10.4 Å². The summed E-state index contributed by atoms with van der Waals surface area (Å²) >= 11 is 7.20. The van der Waals surface area contributed by atoms with Crippen LogP contribution in [0.5, 0.6) is 0 Å². The Morgan fingerprint density at radius 1 is 1.45 bits per heavy atom. The molecular weight excluding hydrogens is 324 g/mol. The number of carbonyl (C=O) groups is 1. The molecule has 0 atom stereocenters. The second-order valence-corrected chi connectivity index (χ2v) is 5.97. The number of thioether (sulfide) groups is 1. The molecule has 0 saturated carbocycles. The van der Waals surface area contributed by atoms with Gasteiger partial charge in [-0.15, -0.1) is 10.2 Å². The molecule has 0 spiro atoms. The van der Waals surface area contributed by atoms with Crippen LogP contribution in [0.15, 0.2) is 23.4 Å². The van der Waals surface area contributed by atoms with Crippen LogP contribution in [0.2, 0.25) is 5.02 Å². The van der Waals surface area contributed by atoms with Gasteiger partial charge in [-0.2, -0.15) is 0 Å². The number of hydrogen-bond donors (Lipinski definition) is 1. The van der Waals surface area contributed by atoms with Crippen LogP contribution in [-0.2, 0) is 17.9 Å². The number of hydrogen-bond acceptors (Lipinski definition) is 6. The molecular formula is C14H16ClN4O2S-. The van der Waals surface area contributed by atoms with E-state index in [0.29, 0.717) is 23.3 Å².